The summed E-state index contributed by atoms with van der Waals surface area (Å²) in [5.41, 5.74) is 0.852. The highest BCUT2D eigenvalue weighted by atomic mass is 35.5. The SMILES string of the molecule is O=c1[nH]c2ccc(C(Cl)c3cccc(F)c3)cc2[nH]c1=O. The summed E-state index contributed by atoms with van der Waals surface area (Å²) in [5, 5.41) is -0.555. The van der Waals surface area contributed by atoms with Crippen LogP contribution in [0.4, 0.5) is 4.39 Å². The van der Waals surface area contributed by atoms with E-state index in [4.69, 9.17) is 11.6 Å². The lowest BCUT2D eigenvalue weighted by molar-refractivity contribution is 0.626. The highest BCUT2D eigenvalue weighted by molar-refractivity contribution is 6.22. The molecule has 0 spiro atoms. The maximum absolute atomic E-state index is 13.2. The standard InChI is InChI=1S/C15H10ClFN2O2/c16-13(8-2-1-3-10(17)6-8)9-4-5-11-12(7-9)19-15(21)14(20)18-11/h1-7,13H,(H,18,20)(H,19,21). The van der Waals surface area contributed by atoms with Crippen LogP contribution in [0.1, 0.15) is 16.5 Å². The van der Waals surface area contributed by atoms with Crippen LogP contribution in [0.25, 0.3) is 11.0 Å². The summed E-state index contributed by atoms with van der Waals surface area (Å²) in [6.45, 7) is 0. The summed E-state index contributed by atoms with van der Waals surface area (Å²) < 4.78 is 13.2. The first-order valence-corrected chi connectivity index (χ1v) is 6.64. The van der Waals surface area contributed by atoms with Crippen molar-refractivity contribution in [3.05, 3.63) is 80.1 Å². The van der Waals surface area contributed by atoms with E-state index in [1.54, 1.807) is 30.3 Å². The van der Waals surface area contributed by atoms with E-state index in [2.05, 4.69) is 9.97 Å². The van der Waals surface area contributed by atoms with Crippen molar-refractivity contribution in [1.29, 1.82) is 0 Å². The molecule has 4 nitrogen and oxygen atoms in total. The van der Waals surface area contributed by atoms with Crippen LogP contribution >= 0.6 is 11.6 Å². The number of hydrogen-bond acceptors (Lipinski definition) is 2. The second kappa shape index (κ2) is 5.18. The molecule has 0 radical (unpaired) electrons. The first-order chi connectivity index (χ1) is 10.0. The molecular weight excluding hydrogens is 295 g/mol. The van der Waals surface area contributed by atoms with Gasteiger partial charge in [-0.15, -0.1) is 11.6 Å². The average molecular weight is 305 g/mol. The van der Waals surface area contributed by atoms with Gasteiger partial charge in [-0.2, -0.15) is 0 Å². The Bertz CT molecular complexity index is 933. The number of nitrogens with one attached hydrogen (secondary N) is 2. The summed E-state index contributed by atoms with van der Waals surface area (Å²) >= 11 is 6.34. The van der Waals surface area contributed by atoms with Gasteiger partial charge in [0, 0.05) is 0 Å². The lowest BCUT2D eigenvalue weighted by atomic mass is 10.0. The highest BCUT2D eigenvalue weighted by Crippen LogP contribution is 2.30. The third kappa shape index (κ3) is 2.60. The van der Waals surface area contributed by atoms with Crippen molar-refractivity contribution in [3.63, 3.8) is 0 Å². The average Bonchev–Trinajstić information content (AvgIpc) is 2.47. The zero-order valence-electron chi connectivity index (χ0n) is 10.7. The van der Waals surface area contributed by atoms with Gasteiger partial charge in [0.25, 0.3) is 0 Å². The Hall–Kier alpha value is -2.40. The number of hydrogen-bond donors (Lipinski definition) is 2. The summed E-state index contributed by atoms with van der Waals surface area (Å²) in [4.78, 5) is 27.5. The van der Waals surface area contributed by atoms with Crippen molar-refractivity contribution in [3.8, 4) is 0 Å². The molecule has 1 unspecified atom stereocenters. The molecule has 0 fully saturated rings. The quantitative estimate of drug-likeness (QED) is 0.565. The van der Waals surface area contributed by atoms with Gasteiger partial charge in [0.1, 0.15) is 5.82 Å². The van der Waals surface area contributed by atoms with Gasteiger partial charge in [0.05, 0.1) is 16.4 Å². The maximum atomic E-state index is 13.2. The number of H-pyrrole nitrogens is 2. The molecular formula is C15H10ClFN2O2. The zero-order valence-corrected chi connectivity index (χ0v) is 11.4. The third-order valence-corrected chi connectivity index (χ3v) is 3.68. The Kier molecular flexibility index (Phi) is 3.35. The summed E-state index contributed by atoms with van der Waals surface area (Å²) in [6.07, 6.45) is 0. The first kappa shape index (κ1) is 13.6. The molecule has 21 heavy (non-hydrogen) atoms. The minimum atomic E-state index is -0.725. The van der Waals surface area contributed by atoms with Crippen molar-refractivity contribution in [1.82, 2.24) is 9.97 Å². The lowest BCUT2D eigenvalue weighted by Crippen LogP contribution is -2.28. The van der Waals surface area contributed by atoms with E-state index >= 15 is 0 Å². The van der Waals surface area contributed by atoms with Crippen LogP contribution in [0.3, 0.4) is 0 Å². The molecule has 0 aliphatic carbocycles. The number of benzene rings is 2. The molecule has 0 bridgehead atoms. The lowest BCUT2D eigenvalue weighted by Gasteiger charge is -2.11. The second-order valence-corrected chi connectivity index (χ2v) is 5.07. The Morgan fingerprint density at radius 1 is 0.905 bits per heavy atom. The van der Waals surface area contributed by atoms with Gasteiger partial charge >= 0.3 is 11.1 Å². The molecule has 0 saturated carbocycles. The molecule has 0 aliphatic rings. The van der Waals surface area contributed by atoms with Crippen LogP contribution in [0.5, 0.6) is 0 Å². The molecule has 1 atom stereocenters. The summed E-state index contributed by atoms with van der Waals surface area (Å²) in [6, 6.07) is 11.0. The number of alkyl halides is 1. The normalized spacial score (nSPS) is 12.5. The van der Waals surface area contributed by atoms with Crippen molar-refractivity contribution >= 4 is 22.6 Å². The van der Waals surface area contributed by atoms with Gasteiger partial charge in [-0.05, 0) is 35.4 Å². The number of halogens is 2. The Balaban J connectivity index is 2.10. The second-order valence-electron chi connectivity index (χ2n) is 4.63. The molecule has 3 rings (SSSR count). The highest BCUT2D eigenvalue weighted by Gasteiger charge is 2.12. The monoisotopic (exact) mass is 304 g/mol. The molecule has 6 heteroatoms. The molecule has 3 aromatic rings. The van der Waals surface area contributed by atoms with E-state index in [0.717, 1.165) is 0 Å². The molecule has 2 N–H and O–H groups in total. The van der Waals surface area contributed by atoms with E-state index < -0.39 is 16.5 Å². The Morgan fingerprint density at radius 3 is 2.29 bits per heavy atom. The van der Waals surface area contributed by atoms with Gasteiger partial charge in [0.15, 0.2) is 0 Å². The number of aromatic amines is 2. The van der Waals surface area contributed by atoms with Crippen LogP contribution < -0.4 is 11.1 Å². The van der Waals surface area contributed by atoms with Crippen molar-refractivity contribution in [2.24, 2.45) is 0 Å². The van der Waals surface area contributed by atoms with Crippen LogP contribution in [-0.2, 0) is 0 Å². The zero-order chi connectivity index (χ0) is 15.0. The van der Waals surface area contributed by atoms with E-state index in [1.165, 1.54) is 12.1 Å². The molecule has 0 saturated heterocycles. The van der Waals surface area contributed by atoms with Crippen LogP contribution in [0.15, 0.2) is 52.1 Å². The van der Waals surface area contributed by atoms with Gasteiger partial charge in [0.2, 0.25) is 0 Å². The minimum absolute atomic E-state index is 0.364. The third-order valence-electron chi connectivity index (χ3n) is 3.18. The summed E-state index contributed by atoms with van der Waals surface area (Å²) in [5.74, 6) is -0.364. The predicted octanol–water partition coefficient (Wildman–Crippen LogP) is 2.68. The van der Waals surface area contributed by atoms with Crippen LogP contribution in [-0.4, -0.2) is 9.97 Å². The first-order valence-electron chi connectivity index (χ1n) is 6.20. The smallest absolute Gasteiger partial charge is 0.314 e. The number of aromatic nitrogens is 2. The van der Waals surface area contributed by atoms with E-state index in [9.17, 15) is 14.0 Å². The predicted molar refractivity (Wildman–Crippen MR) is 79.3 cm³/mol. The van der Waals surface area contributed by atoms with Crippen LogP contribution in [0.2, 0.25) is 0 Å². The van der Waals surface area contributed by atoms with Gasteiger partial charge < -0.3 is 9.97 Å². The molecule has 1 aromatic heterocycles. The minimum Gasteiger partial charge on any atom is -0.316 e. The topological polar surface area (TPSA) is 65.7 Å². The molecule has 1 heterocycles. The van der Waals surface area contributed by atoms with Gasteiger partial charge in [-0.3, -0.25) is 9.59 Å². The number of fused-ring (bicyclic) bond motifs is 1. The van der Waals surface area contributed by atoms with Crippen LogP contribution in [0, 0.1) is 5.82 Å². The largest absolute Gasteiger partial charge is 0.316 e. The molecule has 0 aliphatic heterocycles. The van der Waals surface area contributed by atoms with E-state index in [0.29, 0.717) is 22.2 Å². The fourth-order valence-corrected chi connectivity index (χ4v) is 2.42. The fourth-order valence-electron chi connectivity index (χ4n) is 2.15. The van der Waals surface area contributed by atoms with E-state index in [-0.39, 0.29) is 5.82 Å². The van der Waals surface area contributed by atoms with Crippen molar-refractivity contribution in [2.75, 3.05) is 0 Å². The molecule has 0 amide bonds. The van der Waals surface area contributed by atoms with Gasteiger partial charge in [-0.25, -0.2) is 4.39 Å². The number of rotatable bonds is 2. The Morgan fingerprint density at radius 2 is 1.57 bits per heavy atom. The fraction of sp³-hybridized carbons (Fsp3) is 0.0667. The maximum Gasteiger partial charge on any atom is 0.314 e. The van der Waals surface area contributed by atoms with Crippen molar-refractivity contribution in [2.45, 2.75) is 5.38 Å². The molecule has 106 valence electrons. The summed E-state index contributed by atoms with van der Waals surface area (Å²) in [7, 11) is 0. The molecule has 2 aromatic carbocycles. The van der Waals surface area contributed by atoms with Gasteiger partial charge in [-0.1, -0.05) is 18.2 Å². The Labute approximate surface area is 123 Å². The van der Waals surface area contributed by atoms with Crippen molar-refractivity contribution < 1.29 is 4.39 Å². The van der Waals surface area contributed by atoms with E-state index in [1.807, 2.05) is 0 Å².